The SMILES string of the molecule is CCCCCOc1ccc(CCc2ccc(O)c(F)c2F)cc1. The van der Waals surface area contributed by atoms with Gasteiger partial charge >= 0.3 is 0 Å². The second-order valence-electron chi connectivity index (χ2n) is 5.57. The van der Waals surface area contributed by atoms with Gasteiger partial charge in [-0.2, -0.15) is 4.39 Å². The second-order valence-corrected chi connectivity index (χ2v) is 5.57. The number of phenolic OH excluding ortho intramolecular Hbond substituents is 1. The van der Waals surface area contributed by atoms with Crippen LogP contribution < -0.4 is 4.74 Å². The fraction of sp³-hybridized carbons (Fsp3) is 0.368. The molecule has 0 unspecified atom stereocenters. The van der Waals surface area contributed by atoms with Gasteiger partial charge in [0.05, 0.1) is 6.61 Å². The van der Waals surface area contributed by atoms with Crippen molar-refractivity contribution in [1.82, 2.24) is 0 Å². The van der Waals surface area contributed by atoms with Gasteiger partial charge in [0.1, 0.15) is 5.75 Å². The molecular weight excluding hydrogens is 298 g/mol. The summed E-state index contributed by atoms with van der Waals surface area (Å²) in [6.07, 6.45) is 4.34. The van der Waals surface area contributed by atoms with E-state index in [9.17, 15) is 8.78 Å². The number of aryl methyl sites for hydroxylation is 2. The predicted molar refractivity (Wildman–Crippen MR) is 86.9 cm³/mol. The van der Waals surface area contributed by atoms with E-state index in [1.54, 1.807) is 0 Å². The lowest BCUT2D eigenvalue weighted by molar-refractivity contribution is 0.306. The van der Waals surface area contributed by atoms with Gasteiger partial charge in [0.15, 0.2) is 11.6 Å². The van der Waals surface area contributed by atoms with E-state index in [0.29, 0.717) is 19.4 Å². The molecule has 0 atom stereocenters. The van der Waals surface area contributed by atoms with Crippen molar-refractivity contribution in [3.05, 3.63) is 59.2 Å². The Morgan fingerprint density at radius 1 is 0.913 bits per heavy atom. The van der Waals surface area contributed by atoms with Crippen molar-refractivity contribution in [1.29, 1.82) is 0 Å². The third-order valence-electron chi connectivity index (χ3n) is 3.76. The number of hydrogen-bond acceptors (Lipinski definition) is 2. The Morgan fingerprint density at radius 2 is 1.65 bits per heavy atom. The molecule has 2 nitrogen and oxygen atoms in total. The molecule has 2 aromatic carbocycles. The molecule has 124 valence electrons. The molecule has 0 bridgehead atoms. The maximum atomic E-state index is 13.7. The highest BCUT2D eigenvalue weighted by atomic mass is 19.2. The third-order valence-corrected chi connectivity index (χ3v) is 3.76. The summed E-state index contributed by atoms with van der Waals surface area (Å²) in [6, 6.07) is 10.3. The minimum Gasteiger partial charge on any atom is -0.505 e. The highest BCUT2D eigenvalue weighted by molar-refractivity contribution is 5.32. The van der Waals surface area contributed by atoms with Crippen LogP contribution in [0.25, 0.3) is 0 Å². The van der Waals surface area contributed by atoms with Gasteiger partial charge in [0.25, 0.3) is 0 Å². The average molecular weight is 320 g/mol. The van der Waals surface area contributed by atoms with Crippen LogP contribution in [0.2, 0.25) is 0 Å². The van der Waals surface area contributed by atoms with Crippen LogP contribution in [0.1, 0.15) is 37.3 Å². The van der Waals surface area contributed by atoms with Crippen molar-refractivity contribution >= 4 is 0 Å². The van der Waals surface area contributed by atoms with Crippen molar-refractivity contribution < 1.29 is 18.6 Å². The number of unbranched alkanes of at least 4 members (excludes halogenated alkanes) is 2. The van der Waals surface area contributed by atoms with Gasteiger partial charge in [-0.15, -0.1) is 0 Å². The molecule has 0 saturated heterocycles. The summed E-state index contributed by atoms with van der Waals surface area (Å²) in [5, 5.41) is 9.12. The first-order chi connectivity index (χ1) is 11.1. The summed E-state index contributed by atoms with van der Waals surface area (Å²) >= 11 is 0. The molecule has 0 saturated carbocycles. The number of phenols is 1. The van der Waals surface area contributed by atoms with Crippen LogP contribution in [0.5, 0.6) is 11.5 Å². The van der Waals surface area contributed by atoms with Crippen LogP contribution in [0.15, 0.2) is 36.4 Å². The summed E-state index contributed by atoms with van der Waals surface area (Å²) in [5.41, 5.74) is 1.29. The van der Waals surface area contributed by atoms with E-state index in [2.05, 4.69) is 6.92 Å². The smallest absolute Gasteiger partial charge is 0.200 e. The summed E-state index contributed by atoms with van der Waals surface area (Å²) < 4.78 is 32.6. The highest BCUT2D eigenvalue weighted by Crippen LogP contribution is 2.22. The van der Waals surface area contributed by atoms with Gasteiger partial charge < -0.3 is 9.84 Å². The lowest BCUT2D eigenvalue weighted by atomic mass is 10.0. The molecule has 0 aliphatic carbocycles. The largest absolute Gasteiger partial charge is 0.505 e. The zero-order chi connectivity index (χ0) is 16.7. The molecule has 23 heavy (non-hydrogen) atoms. The van der Waals surface area contributed by atoms with Crippen LogP contribution in [-0.2, 0) is 12.8 Å². The van der Waals surface area contributed by atoms with Crippen molar-refractivity contribution in [3.8, 4) is 11.5 Å². The molecule has 0 fully saturated rings. The molecular formula is C19H22F2O2. The lowest BCUT2D eigenvalue weighted by Crippen LogP contribution is -1.99. The van der Waals surface area contributed by atoms with E-state index >= 15 is 0 Å². The molecule has 0 aliphatic rings. The zero-order valence-electron chi connectivity index (χ0n) is 13.3. The van der Waals surface area contributed by atoms with Crippen LogP contribution in [-0.4, -0.2) is 11.7 Å². The van der Waals surface area contributed by atoms with Gasteiger partial charge in [-0.25, -0.2) is 4.39 Å². The molecule has 0 radical (unpaired) electrons. The van der Waals surface area contributed by atoms with Crippen LogP contribution in [0.3, 0.4) is 0 Å². The van der Waals surface area contributed by atoms with Gasteiger partial charge in [0, 0.05) is 0 Å². The van der Waals surface area contributed by atoms with E-state index in [4.69, 9.17) is 9.84 Å². The number of halogens is 2. The molecule has 0 heterocycles. The van der Waals surface area contributed by atoms with Gasteiger partial charge in [0.2, 0.25) is 5.82 Å². The van der Waals surface area contributed by atoms with Crippen molar-refractivity contribution in [2.75, 3.05) is 6.61 Å². The summed E-state index contributed by atoms with van der Waals surface area (Å²) in [7, 11) is 0. The van der Waals surface area contributed by atoms with Crippen molar-refractivity contribution in [2.45, 2.75) is 39.0 Å². The summed E-state index contributed by atoms with van der Waals surface area (Å²) in [6.45, 7) is 2.86. The fourth-order valence-corrected chi connectivity index (χ4v) is 2.35. The maximum absolute atomic E-state index is 13.7. The minimum absolute atomic E-state index is 0.264. The number of ether oxygens (including phenoxy) is 1. The molecule has 0 aliphatic heterocycles. The van der Waals surface area contributed by atoms with Crippen molar-refractivity contribution in [2.24, 2.45) is 0 Å². The number of benzene rings is 2. The first-order valence-corrected chi connectivity index (χ1v) is 7.99. The highest BCUT2D eigenvalue weighted by Gasteiger charge is 2.12. The first kappa shape index (κ1) is 17.3. The quantitative estimate of drug-likeness (QED) is 0.692. The lowest BCUT2D eigenvalue weighted by Gasteiger charge is -2.08. The Morgan fingerprint density at radius 3 is 2.35 bits per heavy atom. The number of hydrogen-bond donors (Lipinski definition) is 1. The van der Waals surface area contributed by atoms with Gasteiger partial charge in [-0.1, -0.05) is 38.0 Å². The van der Waals surface area contributed by atoms with Gasteiger partial charge in [-0.3, -0.25) is 0 Å². The Labute approximate surface area is 135 Å². The van der Waals surface area contributed by atoms with Crippen LogP contribution >= 0.6 is 0 Å². The van der Waals surface area contributed by atoms with Crippen molar-refractivity contribution in [3.63, 3.8) is 0 Å². The fourth-order valence-electron chi connectivity index (χ4n) is 2.35. The maximum Gasteiger partial charge on any atom is 0.200 e. The van der Waals surface area contributed by atoms with E-state index < -0.39 is 17.4 Å². The van der Waals surface area contributed by atoms with E-state index in [-0.39, 0.29) is 5.56 Å². The molecule has 1 N–H and O–H groups in total. The van der Waals surface area contributed by atoms with E-state index in [0.717, 1.165) is 30.6 Å². The Bertz CT molecular complexity index is 624. The first-order valence-electron chi connectivity index (χ1n) is 7.99. The standard InChI is InChI=1S/C19H22F2O2/c1-2-3-4-13-23-16-10-6-14(7-11-16)5-8-15-9-12-17(22)19(21)18(15)20/h6-7,9-12,22H,2-5,8,13H2,1H3. The normalized spacial score (nSPS) is 10.7. The topological polar surface area (TPSA) is 29.5 Å². The second kappa shape index (κ2) is 8.51. The van der Waals surface area contributed by atoms with E-state index in [1.165, 1.54) is 12.1 Å². The van der Waals surface area contributed by atoms with Gasteiger partial charge in [-0.05, 0) is 48.6 Å². The molecule has 0 aromatic heterocycles. The summed E-state index contributed by atoms with van der Waals surface area (Å²) in [4.78, 5) is 0. The van der Waals surface area contributed by atoms with Crippen LogP contribution in [0.4, 0.5) is 8.78 Å². The minimum atomic E-state index is -1.18. The van der Waals surface area contributed by atoms with E-state index in [1.807, 2.05) is 24.3 Å². The monoisotopic (exact) mass is 320 g/mol. The predicted octanol–water partition coefficient (Wildman–Crippen LogP) is 5.02. The molecule has 2 aromatic rings. The molecule has 0 amide bonds. The average Bonchev–Trinajstić information content (AvgIpc) is 2.57. The Hall–Kier alpha value is -2.10. The van der Waals surface area contributed by atoms with Crippen LogP contribution in [0, 0.1) is 11.6 Å². The molecule has 4 heteroatoms. The summed E-state index contributed by atoms with van der Waals surface area (Å²) in [5.74, 6) is -1.98. The third kappa shape index (κ3) is 4.95. The Kier molecular flexibility index (Phi) is 6.39. The Balaban J connectivity index is 1.88. The molecule has 0 spiro atoms. The molecule has 2 rings (SSSR count). The zero-order valence-corrected chi connectivity index (χ0v) is 13.3. The number of aromatic hydroxyl groups is 1. The number of rotatable bonds is 8.